The predicted molar refractivity (Wildman–Crippen MR) is 39.5 cm³/mol. The minimum absolute atomic E-state index is 0.0625. The molecule has 1 fully saturated rings. The third-order valence-corrected chi connectivity index (χ3v) is 2.50. The number of carbonyl (C=O) groups is 1. The summed E-state index contributed by atoms with van der Waals surface area (Å²) >= 11 is 1.70. The van der Waals surface area contributed by atoms with E-state index in [1.807, 2.05) is 0 Å². The van der Waals surface area contributed by atoms with Crippen LogP contribution < -0.4 is 5.32 Å². The summed E-state index contributed by atoms with van der Waals surface area (Å²) < 4.78 is 0. The maximum atomic E-state index is 10.2. The van der Waals surface area contributed by atoms with Crippen molar-refractivity contribution in [2.45, 2.75) is 18.2 Å². The lowest BCUT2D eigenvalue weighted by atomic mass is 10.3. The van der Waals surface area contributed by atoms with Gasteiger partial charge in [-0.25, -0.2) is 0 Å². The molecule has 3 heteroatoms. The normalized spacial score (nSPS) is 29.1. The van der Waals surface area contributed by atoms with E-state index >= 15 is 0 Å². The van der Waals surface area contributed by atoms with E-state index < -0.39 is 0 Å². The quantitative estimate of drug-likeness (QED) is 0.549. The van der Waals surface area contributed by atoms with E-state index in [4.69, 9.17) is 0 Å². The second kappa shape index (κ2) is 3.90. The Kier molecular flexibility index (Phi) is 3.08. The lowest BCUT2D eigenvalue weighted by Crippen LogP contribution is -2.26. The standard InChI is InChI=1S/C6H11NOS/c8-5-6-7-3-1-2-4-9-6/h5-7H,1-4H2. The monoisotopic (exact) mass is 145 g/mol. The Morgan fingerprint density at radius 2 is 2.44 bits per heavy atom. The van der Waals surface area contributed by atoms with E-state index in [1.54, 1.807) is 11.8 Å². The largest absolute Gasteiger partial charge is 0.301 e. The number of nitrogens with one attached hydrogen (secondary N) is 1. The van der Waals surface area contributed by atoms with Gasteiger partial charge in [-0.05, 0) is 25.1 Å². The molecule has 0 bridgehead atoms. The van der Waals surface area contributed by atoms with Crippen LogP contribution in [0.1, 0.15) is 12.8 Å². The van der Waals surface area contributed by atoms with Crippen LogP contribution in [0.25, 0.3) is 0 Å². The van der Waals surface area contributed by atoms with Crippen LogP contribution in [-0.4, -0.2) is 24.0 Å². The molecule has 1 unspecified atom stereocenters. The molecule has 1 heterocycles. The van der Waals surface area contributed by atoms with Crippen LogP contribution in [0.15, 0.2) is 0 Å². The molecule has 0 saturated carbocycles. The van der Waals surface area contributed by atoms with Crippen molar-refractivity contribution in [1.82, 2.24) is 5.32 Å². The first-order chi connectivity index (χ1) is 4.43. The van der Waals surface area contributed by atoms with Crippen LogP contribution in [0.4, 0.5) is 0 Å². The van der Waals surface area contributed by atoms with Gasteiger partial charge in [-0.2, -0.15) is 0 Å². The lowest BCUT2D eigenvalue weighted by Gasteiger charge is -2.04. The van der Waals surface area contributed by atoms with Gasteiger partial charge in [-0.3, -0.25) is 5.32 Å². The van der Waals surface area contributed by atoms with Gasteiger partial charge in [-0.15, -0.1) is 11.8 Å². The predicted octanol–water partition coefficient (Wildman–Crippen LogP) is 0.628. The van der Waals surface area contributed by atoms with Gasteiger partial charge in [0.05, 0.1) is 0 Å². The van der Waals surface area contributed by atoms with Crippen molar-refractivity contribution >= 4 is 18.0 Å². The summed E-state index contributed by atoms with van der Waals surface area (Å²) in [5.41, 5.74) is 0. The highest BCUT2D eigenvalue weighted by Crippen LogP contribution is 2.12. The Morgan fingerprint density at radius 1 is 1.56 bits per heavy atom. The van der Waals surface area contributed by atoms with E-state index in [-0.39, 0.29) is 5.37 Å². The fraction of sp³-hybridized carbons (Fsp3) is 0.833. The highest BCUT2D eigenvalue weighted by Gasteiger charge is 2.08. The van der Waals surface area contributed by atoms with E-state index in [1.165, 1.54) is 12.8 Å². The summed E-state index contributed by atoms with van der Waals surface area (Å²) in [6, 6.07) is 0. The SMILES string of the molecule is O=CC1NCCCCS1. The smallest absolute Gasteiger partial charge is 0.147 e. The molecule has 0 aromatic rings. The van der Waals surface area contributed by atoms with Crippen LogP contribution in [0.2, 0.25) is 0 Å². The number of rotatable bonds is 1. The first-order valence-corrected chi connectivity index (χ1v) is 4.28. The Bertz CT molecular complexity index is 89.1. The molecule has 1 N–H and O–H groups in total. The molecule has 52 valence electrons. The van der Waals surface area contributed by atoms with Crippen LogP contribution in [0, 0.1) is 0 Å². The number of carbonyl (C=O) groups excluding carboxylic acids is 1. The third kappa shape index (κ3) is 2.37. The van der Waals surface area contributed by atoms with Gasteiger partial charge in [0.15, 0.2) is 0 Å². The van der Waals surface area contributed by atoms with Gasteiger partial charge in [0.1, 0.15) is 11.7 Å². The van der Waals surface area contributed by atoms with Crippen molar-refractivity contribution in [2.24, 2.45) is 0 Å². The zero-order chi connectivity index (χ0) is 6.53. The Morgan fingerprint density at radius 3 is 3.22 bits per heavy atom. The summed E-state index contributed by atoms with van der Waals surface area (Å²) in [4.78, 5) is 10.2. The topological polar surface area (TPSA) is 29.1 Å². The van der Waals surface area contributed by atoms with Crippen molar-refractivity contribution < 1.29 is 4.79 Å². The van der Waals surface area contributed by atoms with Crippen LogP contribution in [0.5, 0.6) is 0 Å². The average molecular weight is 145 g/mol. The number of thioether (sulfide) groups is 1. The lowest BCUT2D eigenvalue weighted by molar-refractivity contribution is -0.107. The third-order valence-electron chi connectivity index (χ3n) is 1.34. The van der Waals surface area contributed by atoms with Gasteiger partial charge in [0.2, 0.25) is 0 Å². The molecule has 0 aromatic heterocycles. The molecule has 0 spiro atoms. The zero-order valence-corrected chi connectivity index (χ0v) is 6.12. The zero-order valence-electron chi connectivity index (χ0n) is 5.30. The highest BCUT2D eigenvalue weighted by molar-refractivity contribution is 8.00. The van der Waals surface area contributed by atoms with E-state index in [0.717, 1.165) is 18.6 Å². The summed E-state index contributed by atoms with van der Waals surface area (Å²) in [6.07, 6.45) is 3.43. The van der Waals surface area contributed by atoms with E-state index in [0.29, 0.717) is 0 Å². The summed E-state index contributed by atoms with van der Waals surface area (Å²) in [5, 5.41) is 3.19. The van der Waals surface area contributed by atoms with E-state index in [2.05, 4.69) is 5.32 Å². The van der Waals surface area contributed by atoms with Crippen molar-refractivity contribution in [2.75, 3.05) is 12.3 Å². The van der Waals surface area contributed by atoms with Gasteiger partial charge >= 0.3 is 0 Å². The second-order valence-electron chi connectivity index (χ2n) is 2.09. The molecule has 1 saturated heterocycles. The van der Waals surface area contributed by atoms with E-state index in [9.17, 15) is 4.79 Å². The van der Waals surface area contributed by atoms with Crippen molar-refractivity contribution in [3.8, 4) is 0 Å². The Balaban J connectivity index is 2.26. The van der Waals surface area contributed by atoms with Gasteiger partial charge in [0.25, 0.3) is 0 Å². The maximum Gasteiger partial charge on any atom is 0.147 e. The van der Waals surface area contributed by atoms with Crippen molar-refractivity contribution in [3.63, 3.8) is 0 Å². The molecule has 0 amide bonds. The summed E-state index contributed by atoms with van der Waals surface area (Å²) in [7, 11) is 0. The van der Waals surface area contributed by atoms with Crippen LogP contribution in [-0.2, 0) is 4.79 Å². The van der Waals surface area contributed by atoms with Gasteiger partial charge in [0, 0.05) is 0 Å². The minimum Gasteiger partial charge on any atom is -0.301 e. The fourth-order valence-corrected chi connectivity index (χ4v) is 1.77. The van der Waals surface area contributed by atoms with Gasteiger partial charge in [-0.1, -0.05) is 0 Å². The fourth-order valence-electron chi connectivity index (χ4n) is 0.828. The molecule has 1 aliphatic rings. The molecule has 1 rings (SSSR count). The molecule has 9 heavy (non-hydrogen) atoms. The first kappa shape index (κ1) is 7.09. The van der Waals surface area contributed by atoms with Crippen LogP contribution in [0.3, 0.4) is 0 Å². The molecule has 2 nitrogen and oxygen atoms in total. The van der Waals surface area contributed by atoms with Gasteiger partial charge < -0.3 is 4.79 Å². The Labute approximate surface area is 59.4 Å². The molecule has 0 aromatic carbocycles. The summed E-state index contributed by atoms with van der Waals surface area (Å²) in [6.45, 7) is 0.996. The molecular formula is C6H11NOS. The molecular weight excluding hydrogens is 134 g/mol. The first-order valence-electron chi connectivity index (χ1n) is 3.24. The average Bonchev–Trinajstić information content (AvgIpc) is 2.13. The molecule has 0 radical (unpaired) electrons. The number of aldehydes is 1. The molecule has 0 aliphatic carbocycles. The van der Waals surface area contributed by atoms with Crippen molar-refractivity contribution in [3.05, 3.63) is 0 Å². The van der Waals surface area contributed by atoms with Crippen molar-refractivity contribution in [1.29, 1.82) is 0 Å². The molecule has 1 aliphatic heterocycles. The number of hydrogen-bond donors (Lipinski definition) is 1. The summed E-state index contributed by atoms with van der Waals surface area (Å²) in [5.74, 6) is 1.12. The minimum atomic E-state index is 0.0625. The highest BCUT2D eigenvalue weighted by atomic mass is 32.2. The number of hydrogen-bond acceptors (Lipinski definition) is 3. The Hall–Kier alpha value is -0.0200. The molecule has 1 atom stereocenters. The second-order valence-corrected chi connectivity index (χ2v) is 3.34. The van der Waals surface area contributed by atoms with Crippen LogP contribution >= 0.6 is 11.8 Å². The maximum absolute atomic E-state index is 10.2.